The molecule has 202 valence electrons. The van der Waals surface area contributed by atoms with Gasteiger partial charge < -0.3 is 35.1 Å². The molecule has 4 N–H and O–H groups in total. The van der Waals surface area contributed by atoms with Crippen LogP contribution in [0.3, 0.4) is 0 Å². The molecule has 0 unspecified atom stereocenters. The van der Waals surface area contributed by atoms with Crippen LogP contribution in [-0.4, -0.2) is 71.3 Å². The van der Waals surface area contributed by atoms with Crippen molar-refractivity contribution in [2.45, 2.75) is 26.8 Å². The molecule has 13 nitrogen and oxygen atoms in total. The minimum Gasteiger partial charge on any atom is -0.478 e. The molecule has 0 aliphatic carbocycles. The summed E-state index contributed by atoms with van der Waals surface area (Å²) in [5, 5.41) is 24.9. The predicted molar refractivity (Wildman–Crippen MR) is 132 cm³/mol. The summed E-state index contributed by atoms with van der Waals surface area (Å²) < 4.78 is 20.8. The average Bonchev–Trinajstić information content (AvgIpc) is 3.25. The van der Waals surface area contributed by atoms with E-state index in [1.807, 2.05) is 0 Å². The van der Waals surface area contributed by atoms with Crippen LogP contribution in [-0.2, 0) is 32.0 Å². The van der Waals surface area contributed by atoms with Crippen LogP contribution in [0.1, 0.15) is 40.9 Å². The van der Waals surface area contributed by atoms with E-state index >= 15 is 0 Å². The maximum Gasteiger partial charge on any atom is 0.344 e. The lowest BCUT2D eigenvalue weighted by molar-refractivity contribution is -0.146. The van der Waals surface area contributed by atoms with Crippen molar-refractivity contribution in [3.8, 4) is 11.5 Å². The van der Waals surface area contributed by atoms with Crippen LogP contribution in [0, 0.1) is 0 Å². The second-order valence-corrected chi connectivity index (χ2v) is 7.91. The molecule has 0 bridgehead atoms. The van der Waals surface area contributed by atoms with Crippen LogP contribution in [0.25, 0.3) is 0 Å². The van der Waals surface area contributed by atoms with E-state index in [-0.39, 0.29) is 61.9 Å². The molecule has 0 radical (unpaired) electrons. The zero-order chi connectivity index (χ0) is 27.7. The first kappa shape index (κ1) is 27.8. The molecule has 1 aliphatic heterocycles. The van der Waals surface area contributed by atoms with Gasteiger partial charge in [0.15, 0.2) is 36.4 Å². The van der Waals surface area contributed by atoms with Gasteiger partial charge in [-0.25, -0.2) is 9.59 Å². The standard InChI is InChI=1S/C25H28N4O9/c1-3-35-22(30)13-37-19-8-5-15(9-20(19)38-14-23(31)36-4-2)10-21(27-33)29-12-17-11-16(24(26)28-34)6-7-18(17)25(29)32/h5-9,11,33-34H,3-4,10,12-14H2,1-2H3,(H2,26,28). The van der Waals surface area contributed by atoms with Gasteiger partial charge in [0, 0.05) is 17.5 Å². The minimum atomic E-state index is -0.599. The summed E-state index contributed by atoms with van der Waals surface area (Å²) in [6, 6.07) is 9.41. The molecule has 0 spiro atoms. The van der Waals surface area contributed by atoms with Gasteiger partial charge in [-0.15, -0.1) is 0 Å². The lowest BCUT2D eigenvalue weighted by Gasteiger charge is -2.18. The van der Waals surface area contributed by atoms with Crippen molar-refractivity contribution < 1.29 is 43.7 Å². The van der Waals surface area contributed by atoms with Gasteiger partial charge in [-0.05, 0) is 49.2 Å². The van der Waals surface area contributed by atoms with E-state index in [4.69, 9.17) is 29.9 Å². The number of esters is 2. The van der Waals surface area contributed by atoms with Crippen molar-refractivity contribution in [1.29, 1.82) is 0 Å². The van der Waals surface area contributed by atoms with Gasteiger partial charge >= 0.3 is 11.9 Å². The Hall–Kier alpha value is -4.81. The first-order chi connectivity index (χ1) is 18.3. The highest BCUT2D eigenvalue weighted by Crippen LogP contribution is 2.30. The summed E-state index contributed by atoms with van der Waals surface area (Å²) in [6.07, 6.45) is 0.0112. The second kappa shape index (κ2) is 12.9. The van der Waals surface area contributed by atoms with Gasteiger partial charge in [-0.1, -0.05) is 22.4 Å². The highest BCUT2D eigenvalue weighted by atomic mass is 16.6. The Kier molecular flexibility index (Phi) is 9.46. The van der Waals surface area contributed by atoms with E-state index < -0.39 is 18.5 Å². The Balaban J connectivity index is 1.80. The maximum atomic E-state index is 13.0. The van der Waals surface area contributed by atoms with Crippen molar-refractivity contribution in [2.24, 2.45) is 16.0 Å². The van der Waals surface area contributed by atoms with Crippen molar-refractivity contribution in [1.82, 2.24) is 4.90 Å². The molecular formula is C25H28N4O9. The summed E-state index contributed by atoms with van der Waals surface area (Å²) in [6.45, 7) is 3.03. The van der Waals surface area contributed by atoms with E-state index in [0.29, 0.717) is 22.3 Å². The molecule has 0 saturated carbocycles. The lowest BCUT2D eigenvalue weighted by atomic mass is 10.1. The summed E-state index contributed by atoms with van der Waals surface area (Å²) >= 11 is 0. The van der Waals surface area contributed by atoms with Crippen LogP contribution < -0.4 is 15.2 Å². The van der Waals surface area contributed by atoms with Crippen molar-refractivity contribution in [3.05, 3.63) is 58.7 Å². The second-order valence-electron chi connectivity index (χ2n) is 7.91. The lowest BCUT2D eigenvalue weighted by Crippen LogP contribution is -2.32. The number of nitrogens with two attached hydrogens (primary N) is 1. The summed E-state index contributed by atoms with van der Waals surface area (Å²) in [4.78, 5) is 37.8. The van der Waals surface area contributed by atoms with E-state index in [0.717, 1.165) is 0 Å². The fourth-order valence-corrected chi connectivity index (χ4v) is 3.69. The number of fused-ring (bicyclic) bond motifs is 1. The SMILES string of the molecule is CCOC(=O)COc1ccc(CC(=NO)N2Cc3cc(C(N)=NO)ccc3C2=O)cc1OCC(=O)OCC. The largest absolute Gasteiger partial charge is 0.478 e. The molecule has 3 rings (SSSR count). The third-order valence-corrected chi connectivity index (χ3v) is 5.41. The Morgan fingerprint density at radius 2 is 1.61 bits per heavy atom. The van der Waals surface area contributed by atoms with Gasteiger partial charge in [0.1, 0.15) is 0 Å². The van der Waals surface area contributed by atoms with Crippen molar-refractivity contribution in [2.75, 3.05) is 26.4 Å². The molecule has 0 atom stereocenters. The number of amides is 1. The quantitative estimate of drug-likeness (QED) is 0.127. The molecule has 13 heteroatoms. The molecule has 2 aromatic carbocycles. The average molecular weight is 529 g/mol. The van der Waals surface area contributed by atoms with Gasteiger partial charge in [0.2, 0.25) is 0 Å². The topological polar surface area (TPSA) is 183 Å². The number of ether oxygens (including phenoxy) is 4. The highest BCUT2D eigenvalue weighted by molar-refractivity contribution is 6.10. The normalized spacial score (nSPS) is 13.2. The fourth-order valence-electron chi connectivity index (χ4n) is 3.69. The monoisotopic (exact) mass is 528 g/mol. The van der Waals surface area contributed by atoms with Crippen molar-refractivity contribution in [3.63, 3.8) is 0 Å². The number of amidine groups is 2. The molecule has 0 saturated heterocycles. The van der Waals surface area contributed by atoms with Crippen molar-refractivity contribution >= 4 is 29.5 Å². The van der Waals surface area contributed by atoms with Gasteiger partial charge in [0.25, 0.3) is 5.91 Å². The molecule has 38 heavy (non-hydrogen) atoms. The molecular weight excluding hydrogens is 500 g/mol. The minimum absolute atomic E-state index is 0.0112. The Labute approximate surface area is 218 Å². The first-order valence-electron chi connectivity index (χ1n) is 11.6. The third kappa shape index (κ3) is 6.69. The number of hydrogen-bond donors (Lipinski definition) is 3. The number of benzene rings is 2. The molecule has 0 aromatic heterocycles. The molecule has 1 amide bonds. The summed E-state index contributed by atoms with van der Waals surface area (Å²) in [7, 11) is 0. The van der Waals surface area contributed by atoms with Gasteiger partial charge in [-0.2, -0.15) is 0 Å². The molecule has 0 fully saturated rings. The van der Waals surface area contributed by atoms with E-state index in [9.17, 15) is 19.6 Å². The number of carbonyl (C=O) groups excluding carboxylic acids is 3. The summed E-state index contributed by atoms with van der Waals surface area (Å²) in [5.41, 5.74) is 7.64. The molecule has 1 aliphatic rings. The van der Waals surface area contributed by atoms with E-state index in [1.54, 1.807) is 38.1 Å². The number of oxime groups is 2. The number of hydrogen-bond acceptors (Lipinski definition) is 11. The smallest absolute Gasteiger partial charge is 0.344 e. The van der Waals surface area contributed by atoms with Crippen LogP contribution >= 0.6 is 0 Å². The Morgan fingerprint density at radius 1 is 0.947 bits per heavy atom. The Bertz CT molecular complexity index is 1260. The zero-order valence-electron chi connectivity index (χ0n) is 20.9. The Morgan fingerprint density at radius 3 is 2.21 bits per heavy atom. The number of nitrogens with zero attached hydrogens (tertiary/aromatic N) is 3. The third-order valence-electron chi connectivity index (χ3n) is 5.41. The van der Waals surface area contributed by atoms with Crippen LogP contribution in [0.5, 0.6) is 11.5 Å². The van der Waals surface area contributed by atoms with Crippen LogP contribution in [0.2, 0.25) is 0 Å². The van der Waals surface area contributed by atoms with E-state index in [2.05, 4.69) is 10.3 Å². The number of carbonyl (C=O) groups is 3. The predicted octanol–water partition coefficient (Wildman–Crippen LogP) is 1.65. The zero-order valence-corrected chi connectivity index (χ0v) is 20.9. The highest BCUT2D eigenvalue weighted by Gasteiger charge is 2.31. The van der Waals surface area contributed by atoms with Crippen LogP contribution in [0.15, 0.2) is 46.7 Å². The molecule has 2 aromatic rings. The first-order valence-corrected chi connectivity index (χ1v) is 11.6. The summed E-state index contributed by atoms with van der Waals surface area (Å²) in [5.74, 6) is -1.30. The van der Waals surface area contributed by atoms with Gasteiger partial charge in [0.05, 0.1) is 19.8 Å². The maximum absolute atomic E-state index is 13.0. The van der Waals surface area contributed by atoms with Crippen LogP contribution in [0.4, 0.5) is 0 Å². The number of rotatable bonds is 11. The van der Waals surface area contributed by atoms with Gasteiger partial charge in [-0.3, -0.25) is 9.69 Å². The fraction of sp³-hybridized carbons (Fsp3) is 0.320. The van der Waals surface area contributed by atoms with E-state index in [1.165, 1.54) is 17.0 Å². The molecule has 1 heterocycles.